The molecule has 1 unspecified atom stereocenters. The minimum absolute atomic E-state index is 0.0181. The number of aliphatic hydroxyl groups excluding tert-OH is 2. The number of hydrogen-bond donors (Lipinski definition) is 3. The second-order valence-electron chi connectivity index (χ2n) is 5.21. The summed E-state index contributed by atoms with van der Waals surface area (Å²) in [5.41, 5.74) is 0. The van der Waals surface area contributed by atoms with Crippen molar-refractivity contribution in [2.24, 2.45) is 5.92 Å². The van der Waals surface area contributed by atoms with E-state index in [0.29, 0.717) is 6.04 Å². The summed E-state index contributed by atoms with van der Waals surface area (Å²) in [6.07, 6.45) is 9.47. The van der Waals surface area contributed by atoms with E-state index >= 15 is 0 Å². The average molecular weight is 229 g/mol. The molecule has 0 aromatic rings. The van der Waals surface area contributed by atoms with Gasteiger partial charge in [-0.1, -0.05) is 32.1 Å². The summed E-state index contributed by atoms with van der Waals surface area (Å²) < 4.78 is 0. The van der Waals surface area contributed by atoms with Crippen molar-refractivity contribution in [2.75, 3.05) is 13.2 Å². The highest BCUT2D eigenvalue weighted by Crippen LogP contribution is 2.27. The minimum atomic E-state index is -0.152. The van der Waals surface area contributed by atoms with Crippen molar-refractivity contribution in [3.05, 3.63) is 0 Å². The highest BCUT2D eigenvalue weighted by molar-refractivity contribution is 4.73. The Hall–Kier alpha value is -0.120. The molecule has 1 saturated carbocycles. The molecule has 0 heterocycles. The molecule has 0 radical (unpaired) electrons. The first kappa shape index (κ1) is 13.9. The zero-order valence-corrected chi connectivity index (χ0v) is 10.5. The maximum Gasteiger partial charge on any atom is 0.0607 e. The molecule has 1 aliphatic carbocycles. The molecule has 0 aliphatic heterocycles. The van der Waals surface area contributed by atoms with Gasteiger partial charge in [0.1, 0.15) is 0 Å². The highest BCUT2D eigenvalue weighted by Gasteiger charge is 2.15. The zero-order valence-electron chi connectivity index (χ0n) is 10.5. The standard InChI is InChI=1S/C13H27NO2/c1-11(14-13(9-15)10-16)7-8-12-5-3-2-4-6-12/h11-16H,2-10H2,1H3. The molecule has 1 rings (SSSR count). The van der Waals surface area contributed by atoms with Crippen molar-refractivity contribution in [3.63, 3.8) is 0 Å². The maximum atomic E-state index is 8.97. The van der Waals surface area contributed by atoms with E-state index in [1.54, 1.807) is 0 Å². The lowest BCUT2D eigenvalue weighted by Gasteiger charge is -2.25. The molecular weight excluding hydrogens is 202 g/mol. The van der Waals surface area contributed by atoms with Crippen molar-refractivity contribution in [1.82, 2.24) is 5.32 Å². The van der Waals surface area contributed by atoms with E-state index in [0.717, 1.165) is 12.3 Å². The van der Waals surface area contributed by atoms with Gasteiger partial charge in [-0.2, -0.15) is 0 Å². The Bertz CT molecular complexity index is 165. The summed E-state index contributed by atoms with van der Waals surface area (Å²) >= 11 is 0. The van der Waals surface area contributed by atoms with Crippen molar-refractivity contribution in [2.45, 2.75) is 64.0 Å². The van der Waals surface area contributed by atoms with E-state index < -0.39 is 0 Å². The lowest BCUT2D eigenvalue weighted by atomic mass is 9.85. The van der Waals surface area contributed by atoms with Gasteiger partial charge in [0.05, 0.1) is 19.3 Å². The third kappa shape index (κ3) is 5.28. The molecule has 16 heavy (non-hydrogen) atoms. The van der Waals surface area contributed by atoms with E-state index in [9.17, 15) is 0 Å². The molecule has 1 fully saturated rings. The number of nitrogens with one attached hydrogen (secondary N) is 1. The molecule has 96 valence electrons. The summed E-state index contributed by atoms with van der Waals surface area (Å²) in [4.78, 5) is 0. The number of hydrogen-bond acceptors (Lipinski definition) is 3. The van der Waals surface area contributed by atoms with Gasteiger partial charge in [-0.15, -0.1) is 0 Å². The summed E-state index contributed by atoms with van der Waals surface area (Å²) in [5, 5.41) is 21.2. The Morgan fingerprint density at radius 2 is 1.75 bits per heavy atom. The molecule has 0 aromatic heterocycles. The summed E-state index contributed by atoms with van der Waals surface area (Å²) in [5.74, 6) is 0.916. The van der Waals surface area contributed by atoms with Gasteiger partial charge in [-0.3, -0.25) is 0 Å². The highest BCUT2D eigenvalue weighted by atomic mass is 16.3. The summed E-state index contributed by atoms with van der Waals surface area (Å²) in [6.45, 7) is 2.18. The topological polar surface area (TPSA) is 52.5 Å². The van der Waals surface area contributed by atoms with Crippen LogP contribution in [0.1, 0.15) is 51.9 Å². The van der Waals surface area contributed by atoms with Gasteiger partial charge in [0, 0.05) is 6.04 Å². The normalized spacial score (nSPS) is 20.2. The van der Waals surface area contributed by atoms with Crippen LogP contribution in [0.4, 0.5) is 0 Å². The Morgan fingerprint density at radius 3 is 2.31 bits per heavy atom. The van der Waals surface area contributed by atoms with Crippen LogP contribution in [0.3, 0.4) is 0 Å². The average Bonchev–Trinajstić information content (AvgIpc) is 2.34. The lowest BCUT2D eigenvalue weighted by molar-refractivity contribution is 0.160. The van der Waals surface area contributed by atoms with E-state index in [4.69, 9.17) is 10.2 Å². The van der Waals surface area contributed by atoms with E-state index in [1.807, 2.05) is 0 Å². The first-order valence-electron chi connectivity index (χ1n) is 6.74. The van der Waals surface area contributed by atoms with Crippen LogP contribution in [0, 0.1) is 5.92 Å². The third-order valence-corrected chi connectivity index (χ3v) is 3.69. The van der Waals surface area contributed by atoms with Gasteiger partial charge in [-0.05, 0) is 25.7 Å². The largest absolute Gasteiger partial charge is 0.395 e. The van der Waals surface area contributed by atoms with Crippen molar-refractivity contribution in [1.29, 1.82) is 0 Å². The third-order valence-electron chi connectivity index (χ3n) is 3.69. The van der Waals surface area contributed by atoms with Crippen LogP contribution in [0.2, 0.25) is 0 Å². The van der Waals surface area contributed by atoms with Gasteiger partial charge in [0.15, 0.2) is 0 Å². The molecule has 3 heteroatoms. The van der Waals surface area contributed by atoms with Gasteiger partial charge in [0.25, 0.3) is 0 Å². The van der Waals surface area contributed by atoms with E-state index in [2.05, 4.69) is 12.2 Å². The molecule has 3 N–H and O–H groups in total. The predicted molar refractivity (Wildman–Crippen MR) is 66.4 cm³/mol. The van der Waals surface area contributed by atoms with E-state index in [-0.39, 0.29) is 19.3 Å². The number of rotatable bonds is 7. The van der Waals surface area contributed by atoms with Crippen LogP contribution in [-0.2, 0) is 0 Å². The lowest BCUT2D eigenvalue weighted by Crippen LogP contribution is -2.41. The maximum absolute atomic E-state index is 8.97. The smallest absolute Gasteiger partial charge is 0.0607 e. The Kier molecular flexibility index (Phi) is 7.01. The van der Waals surface area contributed by atoms with Crippen LogP contribution in [0.25, 0.3) is 0 Å². The SMILES string of the molecule is CC(CCC1CCCCC1)NC(CO)CO. The molecule has 1 aliphatic rings. The minimum Gasteiger partial charge on any atom is -0.395 e. The molecule has 0 bridgehead atoms. The first-order valence-corrected chi connectivity index (χ1v) is 6.74. The van der Waals surface area contributed by atoms with Gasteiger partial charge in [0.2, 0.25) is 0 Å². The van der Waals surface area contributed by atoms with Gasteiger partial charge in [-0.25, -0.2) is 0 Å². The fourth-order valence-corrected chi connectivity index (χ4v) is 2.61. The Morgan fingerprint density at radius 1 is 1.12 bits per heavy atom. The molecule has 0 saturated heterocycles. The van der Waals surface area contributed by atoms with Gasteiger partial charge >= 0.3 is 0 Å². The summed E-state index contributed by atoms with van der Waals surface area (Å²) in [7, 11) is 0. The monoisotopic (exact) mass is 229 g/mol. The van der Waals surface area contributed by atoms with Crippen LogP contribution >= 0.6 is 0 Å². The fraction of sp³-hybridized carbons (Fsp3) is 1.00. The van der Waals surface area contributed by atoms with Gasteiger partial charge < -0.3 is 15.5 Å². The summed E-state index contributed by atoms with van der Waals surface area (Å²) in [6, 6.07) is 0.243. The number of aliphatic hydroxyl groups is 2. The molecule has 0 aromatic carbocycles. The Labute approximate surface area is 99.3 Å². The van der Waals surface area contributed by atoms with Crippen LogP contribution in [-0.4, -0.2) is 35.5 Å². The van der Waals surface area contributed by atoms with Crippen molar-refractivity contribution >= 4 is 0 Å². The fourth-order valence-electron chi connectivity index (χ4n) is 2.61. The Balaban J connectivity index is 2.10. The molecule has 0 spiro atoms. The predicted octanol–water partition coefficient (Wildman–Crippen LogP) is 1.68. The molecular formula is C13H27NO2. The second-order valence-corrected chi connectivity index (χ2v) is 5.21. The quantitative estimate of drug-likeness (QED) is 0.622. The van der Waals surface area contributed by atoms with Crippen LogP contribution in [0.15, 0.2) is 0 Å². The van der Waals surface area contributed by atoms with Crippen molar-refractivity contribution in [3.8, 4) is 0 Å². The second kappa shape index (κ2) is 8.04. The van der Waals surface area contributed by atoms with Crippen LogP contribution in [0.5, 0.6) is 0 Å². The van der Waals surface area contributed by atoms with Crippen molar-refractivity contribution < 1.29 is 10.2 Å². The molecule has 3 nitrogen and oxygen atoms in total. The zero-order chi connectivity index (χ0) is 11.8. The van der Waals surface area contributed by atoms with Crippen LogP contribution < -0.4 is 5.32 Å². The first-order chi connectivity index (χ1) is 7.76. The van der Waals surface area contributed by atoms with E-state index in [1.165, 1.54) is 38.5 Å². The molecule has 0 amide bonds. The molecule has 1 atom stereocenters.